The van der Waals surface area contributed by atoms with Gasteiger partial charge in [0.2, 0.25) is 0 Å². The van der Waals surface area contributed by atoms with Gasteiger partial charge in [-0.1, -0.05) is 0 Å². The van der Waals surface area contributed by atoms with Crippen LogP contribution in [-0.4, -0.2) is 0 Å². The molecule has 0 saturated heterocycles. The molecule has 4 rings (SSSR count). The Labute approximate surface area is 182 Å². The fraction of sp³-hybridized carbons (Fsp3) is 0. The minimum absolute atomic E-state index is 0.965. The second kappa shape index (κ2) is 8.20. The van der Waals surface area contributed by atoms with Gasteiger partial charge in [-0.05, 0) is 0 Å². The van der Waals surface area contributed by atoms with Crippen LogP contribution >= 0.6 is 29.0 Å². The summed E-state index contributed by atoms with van der Waals surface area (Å²) in [7, 11) is 0. The Balaban J connectivity index is 2.06. The monoisotopic (exact) mass is 432 g/mol. The number of thioether (sulfide) groups is 1. The van der Waals surface area contributed by atoms with Gasteiger partial charge in [0, 0.05) is 0 Å². The van der Waals surface area contributed by atoms with Crippen molar-refractivity contribution in [3.63, 3.8) is 0 Å². The van der Waals surface area contributed by atoms with Crippen LogP contribution in [0.5, 0.6) is 0 Å². The predicted molar refractivity (Wildman–Crippen MR) is 132 cm³/mol. The number of hydrogen-bond acceptors (Lipinski definition) is 1. The molecule has 0 spiro atoms. The third-order valence-electron chi connectivity index (χ3n) is 5.17. The summed E-state index contributed by atoms with van der Waals surface area (Å²) in [6, 6.07) is 41.6. The van der Waals surface area contributed by atoms with Gasteiger partial charge in [-0.2, -0.15) is 0 Å². The molecule has 4 aromatic rings. The number of rotatable bonds is 6. The first kappa shape index (κ1) is 20.0. The van der Waals surface area contributed by atoms with Crippen molar-refractivity contribution >= 4 is 44.9 Å². The van der Waals surface area contributed by atoms with Crippen molar-refractivity contribution in [1.29, 1.82) is 0 Å². The van der Waals surface area contributed by atoms with Gasteiger partial charge in [0.15, 0.2) is 0 Å². The van der Waals surface area contributed by atoms with Crippen molar-refractivity contribution < 1.29 is 0 Å². The fourth-order valence-corrected chi connectivity index (χ4v) is 11.5. The summed E-state index contributed by atoms with van der Waals surface area (Å²) in [5, 5.41) is 3.31. The first-order chi connectivity index (χ1) is 14.1. The van der Waals surface area contributed by atoms with E-state index in [0.29, 0.717) is 0 Å². The maximum absolute atomic E-state index is 8.08. The molecule has 0 N–H and O–H groups in total. The Hall–Kier alpha value is -2.31. The Bertz CT molecular complexity index is 997. The van der Waals surface area contributed by atoms with E-state index in [9.17, 15) is 0 Å². The van der Waals surface area contributed by atoms with E-state index in [1.165, 1.54) is 0 Å². The summed E-state index contributed by atoms with van der Waals surface area (Å²) in [6.07, 6.45) is 0. The first-order valence-electron chi connectivity index (χ1n) is 9.47. The Morgan fingerprint density at radius 3 is 1.21 bits per heavy atom. The summed E-state index contributed by atoms with van der Waals surface area (Å²) >= 11 is 9.75. The molecule has 29 heavy (non-hydrogen) atoms. The van der Waals surface area contributed by atoms with Crippen LogP contribution in [-0.2, 0) is 0 Å². The van der Waals surface area contributed by atoms with Crippen molar-refractivity contribution in [1.82, 2.24) is 0 Å². The van der Waals surface area contributed by atoms with E-state index >= 15 is 0 Å². The zero-order valence-corrected chi connectivity index (χ0v) is 18.5. The Morgan fingerprint density at radius 1 is 0.552 bits per heavy atom. The van der Waals surface area contributed by atoms with Crippen molar-refractivity contribution in [3.8, 4) is 0 Å². The predicted octanol–water partition coefficient (Wildman–Crippen LogP) is 6.93. The fourth-order valence-electron chi connectivity index (χ4n) is 3.71. The van der Waals surface area contributed by atoms with Crippen LogP contribution in [0, 0.1) is 0 Å². The molecule has 0 radical (unpaired) electrons. The van der Waals surface area contributed by atoms with Crippen molar-refractivity contribution in [2.24, 2.45) is 0 Å². The van der Waals surface area contributed by atoms with Gasteiger partial charge in [-0.15, -0.1) is 0 Å². The molecule has 0 bridgehead atoms. The molecule has 0 fully saturated rings. The van der Waals surface area contributed by atoms with E-state index in [1.807, 2.05) is 36.4 Å². The first-order valence-corrected chi connectivity index (χ1v) is 13.4. The SMILES string of the molecule is C=C(Sc1ccccc1)P(Cl)(c1ccccc1)(c1ccccc1)c1ccccc1. The number of halogens is 1. The molecule has 0 aliphatic carbocycles. The van der Waals surface area contributed by atoms with Crippen LogP contribution < -0.4 is 15.9 Å². The minimum atomic E-state index is -3.49. The molecule has 0 unspecified atom stereocenters. The van der Waals surface area contributed by atoms with Crippen LogP contribution in [0.3, 0.4) is 0 Å². The zero-order chi connectivity index (χ0) is 20.2. The second-order valence-electron chi connectivity index (χ2n) is 6.82. The molecule has 0 atom stereocenters. The molecule has 0 amide bonds. The zero-order valence-electron chi connectivity index (χ0n) is 16.0. The Morgan fingerprint density at radius 2 is 0.862 bits per heavy atom. The van der Waals surface area contributed by atoms with E-state index in [1.54, 1.807) is 11.8 Å². The summed E-state index contributed by atoms with van der Waals surface area (Å²) in [5.41, 5.74) is 0. The average Bonchev–Trinajstić information content (AvgIpc) is 2.81. The van der Waals surface area contributed by atoms with Crippen LogP contribution in [0.2, 0.25) is 0 Å². The molecule has 0 saturated carbocycles. The molecule has 0 aliphatic rings. The molecular weight excluding hydrogens is 411 g/mol. The number of hydrogen-bond donors (Lipinski definition) is 0. The van der Waals surface area contributed by atoms with E-state index < -0.39 is 5.96 Å². The summed E-state index contributed by atoms with van der Waals surface area (Å²) in [6.45, 7) is 4.61. The van der Waals surface area contributed by atoms with Gasteiger partial charge in [-0.3, -0.25) is 0 Å². The average molecular weight is 433 g/mol. The van der Waals surface area contributed by atoms with Gasteiger partial charge in [-0.25, -0.2) is 0 Å². The van der Waals surface area contributed by atoms with E-state index in [2.05, 4.69) is 91.5 Å². The van der Waals surface area contributed by atoms with Crippen LogP contribution in [0.1, 0.15) is 0 Å². The molecule has 144 valence electrons. The van der Waals surface area contributed by atoms with E-state index in [-0.39, 0.29) is 0 Å². The molecule has 0 heterocycles. The van der Waals surface area contributed by atoms with E-state index in [0.717, 1.165) is 25.5 Å². The number of benzene rings is 4. The molecule has 0 nitrogen and oxygen atoms in total. The van der Waals surface area contributed by atoms with Crippen molar-refractivity contribution in [2.75, 3.05) is 0 Å². The van der Waals surface area contributed by atoms with Crippen LogP contribution in [0.4, 0.5) is 0 Å². The molecule has 3 heteroatoms. The van der Waals surface area contributed by atoms with Gasteiger partial charge >= 0.3 is 182 Å². The van der Waals surface area contributed by atoms with Crippen LogP contribution in [0.25, 0.3) is 0 Å². The van der Waals surface area contributed by atoms with Crippen molar-refractivity contribution in [3.05, 3.63) is 133 Å². The Kier molecular flexibility index (Phi) is 5.65. The molecule has 0 aliphatic heterocycles. The van der Waals surface area contributed by atoms with E-state index in [4.69, 9.17) is 11.2 Å². The third-order valence-corrected chi connectivity index (χ3v) is 14.7. The second-order valence-corrected chi connectivity index (χ2v) is 14.4. The van der Waals surface area contributed by atoms with Gasteiger partial charge in [0.05, 0.1) is 0 Å². The molecular formula is C26H22ClPS. The van der Waals surface area contributed by atoms with Gasteiger partial charge < -0.3 is 0 Å². The standard InChI is InChI=1S/C26H22ClPS/c1-22(29-26-20-12-5-13-21-26)28(27,23-14-6-2-7-15-23,24-16-8-3-9-17-24)25-18-10-4-11-19-25/h2-21H,1H2. The van der Waals surface area contributed by atoms with Gasteiger partial charge in [0.1, 0.15) is 0 Å². The van der Waals surface area contributed by atoms with Crippen LogP contribution in [0.15, 0.2) is 137 Å². The van der Waals surface area contributed by atoms with Crippen molar-refractivity contribution in [2.45, 2.75) is 4.90 Å². The summed E-state index contributed by atoms with van der Waals surface area (Å²) in [4.78, 5) is 1.13. The third kappa shape index (κ3) is 3.34. The normalized spacial score (nSPS) is 12.7. The molecule has 4 aromatic carbocycles. The molecule has 0 aromatic heterocycles. The maximum atomic E-state index is 8.08. The summed E-state index contributed by atoms with van der Waals surface area (Å²) < 4.78 is 0.965. The van der Waals surface area contributed by atoms with Gasteiger partial charge in [0.25, 0.3) is 0 Å². The summed E-state index contributed by atoms with van der Waals surface area (Å²) in [5.74, 6) is -3.49. The quantitative estimate of drug-likeness (QED) is 0.235. The topological polar surface area (TPSA) is 0 Å².